The summed E-state index contributed by atoms with van der Waals surface area (Å²) < 4.78 is 31.3. The van der Waals surface area contributed by atoms with E-state index < -0.39 is 32.3 Å². The monoisotopic (exact) mass is 720 g/mol. The molecular weight excluding hydrogens is 647 g/mol. The first-order chi connectivity index (χ1) is 20.1. The van der Waals surface area contributed by atoms with Crippen LogP contribution >= 0.6 is 0 Å². The van der Waals surface area contributed by atoms with Gasteiger partial charge in [-0.2, -0.15) is 0 Å². The molecule has 0 saturated carbocycles. The maximum absolute atomic E-state index is 11.5. The van der Waals surface area contributed by atoms with Crippen LogP contribution in [0, 0.1) is 0 Å². The number of carbonyl (C=O) groups is 1. The van der Waals surface area contributed by atoms with Crippen LogP contribution in [0.15, 0.2) is 10.2 Å². The van der Waals surface area contributed by atoms with E-state index in [4.69, 9.17) is 18.6 Å². The molecule has 0 amide bonds. The molecule has 7 heteroatoms. The molecule has 0 rings (SSSR count). The number of hydrogen-bond donors (Lipinski definition) is 0. The van der Waals surface area contributed by atoms with E-state index in [9.17, 15) is 4.79 Å². The van der Waals surface area contributed by atoms with Crippen LogP contribution in [0.3, 0.4) is 0 Å². The SMILES string of the molecule is CCC[CH2][Sn]([CH]=CCC(CCCCCCCCCCC(=O)OCC)(O[Si](C)(C)C)C(OC)OC)([CH2]CCC)[CH2]CCC. The van der Waals surface area contributed by atoms with Gasteiger partial charge < -0.3 is 4.74 Å². The Morgan fingerprint density at radius 1 is 0.738 bits per heavy atom. The zero-order valence-corrected chi connectivity index (χ0v) is 33.5. The Kier molecular flexibility index (Phi) is 25.4. The first kappa shape index (κ1) is 42.1. The second kappa shape index (κ2) is 25.3. The van der Waals surface area contributed by atoms with Crippen molar-refractivity contribution in [2.45, 2.75) is 182 Å². The average molecular weight is 720 g/mol. The Morgan fingerprint density at radius 3 is 1.64 bits per heavy atom. The number of ether oxygens (including phenoxy) is 3. The standard InChI is InChI=1S/C23H45O5Si.3C4H9.Sn/c1-8-19-23(22(25-3)26-4,28-29(5,6)7)20-17-15-13-11-10-12-14-16-18-21(24)27-9-2;3*1-3-4-2;/h1,8,22H,9-20H2,2-7H3;3*1,3-4H2,2H3;. The Morgan fingerprint density at radius 2 is 1.21 bits per heavy atom. The predicted octanol–water partition coefficient (Wildman–Crippen LogP) is 11.0. The van der Waals surface area contributed by atoms with Crippen LogP contribution in [0.25, 0.3) is 0 Å². The normalized spacial score (nSPS) is 14.1. The molecule has 250 valence electrons. The molecule has 0 heterocycles. The molecule has 0 aliphatic carbocycles. The molecule has 42 heavy (non-hydrogen) atoms. The summed E-state index contributed by atoms with van der Waals surface area (Å²) in [7, 11) is 1.68. The second-order valence-corrected chi connectivity index (χ2v) is 30.9. The third-order valence-corrected chi connectivity index (χ3v) is 23.7. The molecule has 0 bridgehead atoms. The van der Waals surface area contributed by atoms with Gasteiger partial charge in [-0.1, -0.05) is 0 Å². The first-order valence-electron chi connectivity index (χ1n) is 17.7. The van der Waals surface area contributed by atoms with Crippen LogP contribution in [0.5, 0.6) is 0 Å². The summed E-state index contributed by atoms with van der Waals surface area (Å²) in [6, 6.07) is 0. The molecule has 5 nitrogen and oxygen atoms in total. The fourth-order valence-corrected chi connectivity index (χ4v) is 22.2. The first-order valence-corrected chi connectivity index (χ1v) is 28.8. The number of hydrogen-bond acceptors (Lipinski definition) is 5. The third kappa shape index (κ3) is 19.5. The van der Waals surface area contributed by atoms with Crippen LogP contribution in [-0.4, -0.2) is 65.4 Å². The number of esters is 1. The number of carbonyl (C=O) groups excluding carboxylic acids is 1. The van der Waals surface area contributed by atoms with E-state index in [1.807, 2.05) is 6.92 Å². The zero-order chi connectivity index (χ0) is 31.7. The van der Waals surface area contributed by atoms with Gasteiger partial charge >= 0.3 is 233 Å². The molecule has 0 radical (unpaired) electrons. The molecule has 0 aliphatic heterocycles. The topological polar surface area (TPSA) is 54.0 Å². The van der Waals surface area contributed by atoms with Crippen molar-refractivity contribution < 1.29 is 23.4 Å². The summed E-state index contributed by atoms with van der Waals surface area (Å²) in [5.74, 6) is -0.0566. The number of methoxy groups -OCH3 is 2. The molecule has 0 N–H and O–H groups in total. The summed E-state index contributed by atoms with van der Waals surface area (Å²) in [5, 5.41) is 0. The van der Waals surface area contributed by atoms with Gasteiger partial charge in [0.25, 0.3) is 0 Å². The van der Waals surface area contributed by atoms with Crippen LogP contribution in [0.1, 0.15) is 137 Å². The fraction of sp³-hybridized carbons (Fsp3) is 0.914. The second-order valence-electron chi connectivity index (χ2n) is 13.5. The molecule has 0 aromatic heterocycles. The summed E-state index contributed by atoms with van der Waals surface area (Å²) >= 11 is -2.38. The summed E-state index contributed by atoms with van der Waals surface area (Å²) in [6.07, 6.45) is 22.0. The molecular formula is C35H72O5SiSn. The molecule has 0 aliphatic rings. The van der Waals surface area contributed by atoms with Gasteiger partial charge in [0.1, 0.15) is 0 Å². The summed E-state index contributed by atoms with van der Waals surface area (Å²) in [6.45, 7) is 16.3. The molecule has 0 aromatic carbocycles. The van der Waals surface area contributed by atoms with Gasteiger partial charge in [0.2, 0.25) is 0 Å². The van der Waals surface area contributed by atoms with E-state index in [0.717, 1.165) is 32.1 Å². The average Bonchev–Trinajstić information content (AvgIpc) is 2.94. The molecule has 1 unspecified atom stereocenters. The van der Waals surface area contributed by atoms with E-state index in [1.165, 1.54) is 83.9 Å². The number of unbranched alkanes of at least 4 members (excludes halogenated alkanes) is 10. The van der Waals surface area contributed by atoms with Crippen LogP contribution in [0.2, 0.25) is 33.0 Å². The van der Waals surface area contributed by atoms with Crippen molar-refractivity contribution >= 4 is 32.7 Å². The van der Waals surface area contributed by atoms with E-state index in [-0.39, 0.29) is 12.3 Å². The fourth-order valence-electron chi connectivity index (χ4n) is 6.30. The van der Waals surface area contributed by atoms with Gasteiger partial charge in [0, 0.05) is 6.42 Å². The van der Waals surface area contributed by atoms with Gasteiger partial charge in [-0.25, -0.2) is 0 Å². The van der Waals surface area contributed by atoms with Gasteiger partial charge in [0.15, 0.2) is 0 Å². The quantitative estimate of drug-likeness (QED) is 0.0333. The molecule has 0 saturated heterocycles. The van der Waals surface area contributed by atoms with Gasteiger partial charge in [-0.15, -0.1) is 0 Å². The molecule has 0 spiro atoms. The summed E-state index contributed by atoms with van der Waals surface area (Å²) in [4.78, 5) is 11.5. The Balaban J connectivity index is 5.43. The van der Waals surface area contributed by atoms with Crippen molar-refractivity contribution in [1.29, 1.82) is 0 Å². The zero-order valence-electron chi connectivity index (χ0n) is 29.6. The Labute approximate surface area is 267 Å². The van der Waals surface area contributed by atoms with Crippen molar-refractivity contribution in [1.82, 2.24) is 0 Å². The van der Waals surface area contributed by atoms with Gasteiger partial charge in [-0.3, -0.25) is 4.79 Å². The van der Waals surface area contributed by atoms with E-state index >= 15 is 0 Å². The minimum atomic E-state index is -2.38. The maximum atomic E-state index is 11.5. The van der Waals surface area contributed by atoms with Crippen molar-refractivity contribution in [2.24, 2.45) is 0 Å². The van der Waals surface area contributed by atoms with Gasteiger partial charge in [-0.05, 0) is 13.3 Å². The van der Waals surface area contributed by atoms with E-state index in [0.29, 0.717) is 13.0 Å². The summed E-state index contributed by atoms with van der Waals surface area (Å²) in [5.41, 5.74) is -0.435. The Bertz CT molecular complexity index is 655. The van der Waals surface area contributed by atoms with Crippen molar-refractivity contribution in [3.63, 3.8) is 0 Å². The van der Waals surface area contributed by atoms with Crippen molar-refractivity contribution in [3.8, 4) is 0 Å². The van der Waals surface area contributed by atoms with Crippen molar-refractivity contribution in [2.75, 3.05) is 20.8 Å². The van der Waals surface area contributed by atoms with E-state index in [1.54, 1.807) is 14.2 Å². The van der Waals surface area contributed by atoms with Crippen molar-refractivity contribution in [3.05, 3.63) is 10.2 Å². The molecule has 0 aromatic rings. The van der Waals surface area contributed by atoms with Crippen LogP contribution < -0.4 is 0 Å². The minimum absolute atomic E-state index is 0.0566. The van der Waals surface area contributed by atoms with E-state index in [2.05, 4.69) is 50.6 Å². The predicted molar refractivity (Wildman–Crippen MR) is 186 cm³/mol. The third-order valence-electron chi connectivity index (χ3n) is 8.42. The molecule has 1 atom stereocenters. The van der Waals surface area contributed by atoms with Crippen LogP contribution in [0.4, 0.5) is 0 Å². The Hall–Kier alpha value is 0.106. The number of rotatable bonds is 29. The van der Waals surface area contributed by atoms with Crippen LogP contribution in [-0.2, 0) is 23.4 Å². The molecule has 0 fully saturated rings. The van der Waals surface area contributed by atoms with Gasteiger partial charge in [0.05, 0.1) is 6.61 Å².